The van der Waals surface area contributed by atoms with Gasteiger partial charge in [0.2, 0.25) is 0 Å². The lowest BCUT2D eigenvalue weighted by Gasteiger charge is -2.20. The number of fused-ring (bicyclic) bond motifs is 1. The van der Waals surface area contributed by atoms with Gasteiger partial charge in [0.15, 0.2) is 5.82 Å². The van der Waals surface area contributed by atoms with Crippen LogP contribution < -0.4 is 5.32 Å². The summed E-state index contributed by atoms with van der Waals surface area (Å²) >= 11 is 0. The standard InChI is InChI=1S/C17H20N6O/c1-22-17(23-9-18-8-20-23)14(7-19-22)16(24)21-15-6-11-3-2-10-4-12(11)13(15)5-10/h3,7-10,12-13,15H,2,4-6H2,1H3,(H,21,24). The van der Waals surface area contributed by atoms with Crippen LogP contribution in [-0.4, -0.2) is 36.5 Å². The summed E-state index contributed by atoms with van der Waals surface area (Å²) in [5, 5.41) is 11.6. The molecule has 4 unspecified atom stereocenters. The minimum absolute atomic E-state index is 0.0670. The Morgan fingerprint density at radius 1 is 1.33 bits per heavy atom. The van der Waals surface area contributed by atoms with Crippen molar-refractivity contribution in [2.45, 2.75) is 31.7 Å². The lowest BCUT2D eigenvalue weighted by Crippen LogP contribution is -2.38. The Morgan fingerprint density at radius 3 is 3.08 bits per heavy atom. The molecule has 3 aliphatic carbocycles. The van der Waals surface area contributed by atoms with Gasteiger partial charge in [0, 0.05) is 13.1 Å². The van der Waals surface area contributed by atoms with E-state index in [0.717, 1.165) is 12.3 Å². The van der Waals surface area contributed by atoms with Crippen molar-refractivity contribution in [3.63, 3.8) is 0 Å². The lowest BCUT2D eigenvalue weighted by molar-refractivity contribution is 0.0925. The third-order valence-electron chi connectivity index (χ3n) is 5.98. The van der Waals surface area contributed by atoms with Crippen LogP contribution in [0.5, 0.6) is 0 Å². The van der Waals surface area contributed by atoms with Crippen LogP contribution in [-0.2, 0) is 7.05 Å². The third-order valence-corrected chi connectivity index (χ3v) is 5.98. The van der Waals surface area contributed by atoms with E-state index in [9.17, 15) is 4.79 Å². The first kappa shape index (κ1) is 13.9. The van der Waals surface area contributed by atoms with Gasteiger partial charge in [-0.2, -0.15) is 10.2 Å². The van der Waals surface area contributed by atoms with Crippen LogP contribution in [0, 0.1) is 17.8 Å². The van der Waals surface area contributed by atoms with Gasteiger partial charge in [0.25, 0.3) is 5.91 Å². The van der Waals surface area contributed by atoms with Gasteiger partial charge in [-0.05, 0) is 43.4 Å². The van der Waals surface area contributed by atoms with Crippen molar-refractivity contribution in [3.8, 4) is 5.82 Å². The fourth-order valence-electron chi connectivity index (χ4n) is 4.94. The zero-order valence-corrected chi connectivity index (χ0v) is 13.6. The molecular weight excluding hydrogens is 304 g/mol. The van der Waals surface area contributed by atoms with E-state index in [2.05, 4.69) is 26.6 Å². The molecule has 24 heavy (non-hydrogen) atoms. The van der Waals surface area contributed by atoms with Gasteiger partial charge >= 0.3 is 0 Å². The van der Waals surface area contributed by atoms with Gasteiger partial charge in [0.05, 0.1) is 6.20 Å². The molecule has 7 nitrogen and oxygen atoms in total. The highest BCUT2D eigenvalue weighted by molar-refractivity contribution is 5.97. The van der Waals surface area contributed by atoms with E-state index in [0.29, 0.717) is 23.2 Å². The van der Waals surface area contributed by atoms with E-state index < -0.39 is 0 Å². The number of carbonyl (C=O) groups excluding carboxylic acids is 1. The number of nitrogens with one attached hydrogen (secondary N) is 1. The summed E-state index contributed by atoms with van der Waals surface area (Å²) in [6.45, 7) is 0. The van der Waals surface area contributed by atoms with Crippen LogP contribution in [0.3, 0.4) is 0 Å². The van der Waals surface area contributed by atoms with E-state index in [1.165, 1.54) is 25.6 Å². The van der Waals surface area contributed by atoms with E-state index in [1.807, 2.05) is 0 Å². The molecule has 2 bridgehead atoms. The molecule has 2 heterocycles. The average molecular weight is 324 g/mol. The van der Waals surface area contributed by atoms with E-state index in [-0.39, 0.29) is 11.9 Å². The molecule has 0 radical (unpaired) electrons. The van der Waals surface area contributed by atoms with Crippen LogP contribution >= 0.6 is 0 Å². The maximum Gasteiger partial charge on any atom is 0.256 e. The highest BCUT2D eigenvalue weighted by Gasteiger charge is 2.48. The highest BCUT2D eigenvalue weighted by Crippen LogP contribution is 2.54. The molecule has 0 saturated heterocycles. The second-order valence-electron chi connectivity index (χ2n) is 7.25. The number of amides is 1. The number of hydrogen-bond donors (Lipinski definition) is 1. The molecule has 2 saturated carbocycles. The number of rotatable bonds is 3. The SMILES string of the molecule is Cn1ncc(C(=O)NC2CC3=CCC4CC3C2C4)c1-n1cncn1. The number of carbonyl (C=O) groups is 1. The highest BCUT2D eigenvalue weighted by atomic mass is 16.1. The largest absolute Gasteiger partial charge is 0.349 e. The van der Waals surface area contributed by atoms with Crippen molar-refractivity contribution in [2.24, 2.45) is 24.8 Å². The van der Waals surface area contributed by atoms with Crippen molar-refractivity contribution in [1.82, 2.24) is 29.9 Å². The smallest absolute Gasteiger partial charge is 0.256 e. The quantitative estimate of drug-likeness (QED) is 0.868. The maximum atomic E-state index is 12.9. The average Bonchev–Trinajstić information content (AvgIpc) is 3.29. The van der Waals surface area contributed by atoms with Crippen LogP contribution in [0.25, 0.3) is 5.82 Å². The van der Waals surface area contributed by atoms with Crippen molar-refractivity contribution in [3.05, 3.63) is 36.1 Å². The van der Waals surface area contributed by atoms with Gasteiger partial charge in [-0.15, -0.1) is 0 Å². The summed E-state index contributed by atoms with van der Waals surface area (Å²) in [7, 11) is 1.81. The lowest BCUT2D eigenvalue weighted by atomic mass is 9.89. The van der Waals surface area contributed by atoms with Crippen LogP contribution in [0.15, 0.2) is 30.5 Å². The second-order valence-corrected chi connectivity index (χ2v) is 7.25. The Morgan fingerprint density at radius 2 is 2.25 bits per heavy atom. The summed E-state index contributed by atoms with van der Waals surface area (Å²) in [5.41, 5.74) is 2.12. The first-order chi connectivity index (χ1) is 11.7. The van der Waals surface area contributed by atoms with Crippen LogP contribution in [0.1, 0.15) is 36.0 Å². The number of aryl methyl sites for hydroxylation is 1. The first-order valence-electron chi connectivity index (χ1n) is 8.57. The molecule has 2 aromatic heterocycles. The second kappa shape index (κ2) is 5.03. The molecular formula is C17H20N6O. The molecule has 1 N–H and O–H groups in total. The predicted molar refractivity (Wildman–Crippen MR) is 86.4 cm³/mol. The Bertz CT molecular complexity index is 820. The molecule has 0 aromatic carbocycles. The molecule has 1 amide bonds. The zero-order chi connectivity index (χ0) is 16.3. The maximum absolute atomic E-state index is 12.9. The van der Waals surface area contributed by atoms with Crippen LogP contribution in [0.4, 0.5) is 0 Å². The summed E-state index contributed by atoms with van der Waals surface area (Å²) in [6.07, 6.45) is 11.9. The van der Waals surface area contributed by atoms with E-state index in [1.54, 1.807) is 34.5 Å². The Balaban J connectivity index is 1.41. The van der Waals surface area contributed by atoms with Gasteiger partial charge in [-0.1, -0.05) is 11.6 Å². The predicted octanol–water partition coefficient (Wildman–Crippen LogP) is 1.48. The van der Waals surface area contributed by atoms with Crippen molar-refractivity contribution >= 4 is 5.91 Å². The fourth-order valence-corrected chi connectivity index (χ4v) is 4.94. The molecule has 124 valence electrons. The molecule has 0 aliphatic heterocycles. The molecule has 7 heteroatoms. The summed E-state index contributed by atoms with van der Waals surface area (Å²) in [5.74, 6) is 2.72. The number of allylic oxidation sites excluding steroid dienone is 1. The first-order valence-corrected chi connectivity index (χ1v) is 8.57. The number of hydrogen-bond acceptors (Lipinski definition) is 4. The zero-order valence-electron chi connectivity index (χ0n) is 13.6. The topological polar surface area (TPSA) is 77.6 Å². The van der Waals surface area contributed by atoms with Crippen LogP contribution in [0.2, 0.25) is 0 Å². The molecule has 3 aliphatic rings. The minimum atomic E-state index is -0.0670. The Hall–Kier alpha value is -2.44. The number of nitrogens with zero attached hydrogens (tertiary/aromatic N) is 5. The van der Waals surface area contributed by atoms with Gasteiger partial charge in [0.1, 0.15) is 18.2 Å². The molecule has 2 fully saturated rings. The molecule has 2 aromatic rings. The van der Waals surface area contributed by atoms with Crippen molar-refractivity contribution < 1.29 is 4.79 Å². The van der Waals surface area contributed by atoms with Crippen molar-refractivity contribution in [1.29, 1.82) is 0 Å². The summed E-state index contributed by atoms with van der Waals surface area (Å²) in [6, 6.07) is 0.253. The van der Waals surface area contributed by atoms with Gasteiger partial charge in [-0.3, -0.25) is 9.48 Å². The summed E-state index contributed by atoms with van der Waals surface area (Å²) in [4.78, 5) is 16.8. The van der Waals surface area contributed by atoms with E-state index in [4.69, 9.17) is 0 Å². The van der Waals surface area contributed by atoms with E-state index >= 15 is 0 Å². The molecule has 5 rings (SSSR count). The molecule has 4 atom stereocenters. The normalized spacial score (nSPS) is 30.5. The van der Waals surface area contributed by atoms with Crippen molar-refractivity contribution in [2.75, 3.05) is 0 Å². The third kappa shape index (κ3) is 1.96. The number of aromatic nitrogens is 5. The van der Waals surface area contributed by atoms with Gasteiger partial charge < -0.3 is 5.32 Å². The fraction of sp³-hybridized carbons (Fsp3) is 0.529. The Labute approximate surface area is 139 Å². The monoisotopic (exact) mass is 324 g/mol. The summed E-state index contributed by atoms with van der Waals surface area (Å²) < 4.78 is 3.24. The Kier molecular flexibility index (Phi) is 2.92. The minimum Gasteiger partial charge on any atom is -0.349 e. The molecule has 0 spiro atoms. The van der Waals surface area contributed by atoms with Gasteiger partial charge in [-0.25, -0.2) is 9.67 Å².